The topological polar surface area (TPSA) is 90.7 Å². The Balaban J connectivity index is 2.13. The van der Waals surface area contributed by atoms with Gasteiger partial charge in [-0.3, -0.25) is 14.9 Å². The highest BCUT2D eigenvalue weighted by Gasteiger charge is 2.19. The van der Waals surface area contributed by atoms with Gasteiger partial charge in [-0.15, -0.1) is 0 Å². The van der Waals surface area contributed by atoms with Crippen LogP contribution in [-0.4, -0.2) is 24.0 Å². The van der Waals surface area contributed by atoms with Gasteiger partial charge in [0.2, 0.25) is 0 Å². The van der Waals surface area contributed by atoms with Gasteiger partial charge in [0.15, 0.2) is 17.6 Å². The zero-order valence-corrected chi connectivity index (χ0v) is 13.0. The molecule has 8 heteroatoms. The number of non-ortho nitro benzene ring substituents is 1. The van der Waals surface area contributed by atoms with Crippen LogP contribution >= 0.6 is 0 Å². The van der Waals surface area contributed by atoms with Crippen molar-refractivity contribution in [2.24, 2.45) is 0 Å². The zero-order valence-electron chi connectivity index (χ0n) is 13.0. The fourth-order valence-corrected chi connectivity index (χ4v) is 1.93. The fraction of sp³-hybridized carbons (Fsp3) is 0.188. The molecular formula is C16H15FN2O5. The molecule has 0 aliphatic rings. The molecule has 2 aromatic carbocycles. The average molecular weight is 334 g/mol. The molecule has 126 valence electrons. The minimum Gasteiger partial charge on any atom is -0.493 e. The standard InChI is InChI=1S/C16H15FN2O5/c1-10(16(20)18-12-5-3-4-11(17)8-12)24-15-9-13(19(21)22)6-7-14(15)23-2/h3-10H,1-2H3,(H,18,20)/t10-/m1/s1. The molecule has 0 saturated carbocycles. The maximum atomic E-state index is 13.1. The molecule has 0 aliphatic carbocycles. The summed E-state index contributed by atoms with van der Waals surface area (Å²) < 4.78 is 23.6. The van der Waals surface area contributed by atoms with Crippen LogP contribution in [-0.2, 0) is 4.79 Å². The lowest BCUT2D eigenvalue weighted by molar-refractivity contribution is -0.385. The Morgan fingerprint density at radius 3 is 2.62 bits per heavy atom. The molecule has 0 bridgehead atoms. The molecular weight excluding hydrogens is 319 g/mol. The Kier molecular flexibility index (Phi) is 5.31. The molecule has 2 rings (SSSR count). The van der Waals surface area contributed by atoms with E-state index in [9.17, 15) is 19.3 Å². The summed E-state index contributed by atoms with van der Waals surface area (Å²) in [7, 11) is 1.38. The number of rotatable bonds is 6. The zero-order chi connectivity index (χ0) is 17.7. The number of nitro groups is 1. The van der Waals surface area contributed by atoms with E-state index in [1.54, 1.807) is 0 Å². The van der Waals surface area contributed by atoms with Crippen molar-refractivity contribution in [2.75, 3.05) is 12.4 Å². The summed E-state index contributed by atoms with van der Waals surface area (Å²) in [5.74, 6) is -0.699. The van der Waals surface area contributed by atoms with Crippen molar-refractivity contribution >= 4 is 17.3 Å². The van der Waals surface area contributed by atoms with Gasteiger partial charge < -0.3 is 14.8 Å². The van der Waals surface area contributed by atoms with Crippen molar-refractivity contribution in [3.05, 3.63) is 58.4 Å². The summed E-state index contributed by atoms with van der Waals surface area (Å²) in [4.78, 5) is 22.4. The van der Waals surface area contributed by atoms with Crippen LogP contribution in [0.1, 0.15) is 6.92 Å². The monoisotopic (exact) mass is 334 g/mol. The van der Waals surface area contributed by atoms with Crippen LogP contribution in [0.4, 0.5) is 15.8 Å². The molecule has 0 spiro atoms. The minimum absolute atomic E-state index is 0.0635. The van der Waals surface area contributed by atoms with Gasteiger partial charge >= 0.3 is 0 Å². The molecule has 0 radical (unpaired) electrons. The third-order valence-corrected chi connectivity index (χ3v) is 3.12. The Bertz CT molecular complexity index is 766. The molecule has 1 amide bonds. The number of benzene rings is 2. The number of nitrogens with one attached hydrogen (secondary N) is 1. The van der Waals surface area contributed by atoms with Crippen LogP contribution in [0.25, 0.3) is 0 Å². The van der Waals surface area contributed by atoms with Crippen LogP contribution in [0.3, 0.4) is 0 Å². The quantitative estimate of drug-likeness (QED) is 0.647. The Morgan fingerprint density at radius 1 is 1.25 bits per heavy atom. The van der Waals surface area contributed by atoms with Gasteiger partial charge in [-0.1, -0.05) is 6.07 Å². The fourth-order valence-electron chi connectivity index (χ4n) is 1.93. The highest BCUT2D eigenvalue weighted by Crippen LogP contribution is 2.32. The van der Waals surface area contributed by atoms with E-state index in [0.29, 0.717) is 0 Å². The third kappa shape index (κ3) is 4.19. The smallest absolute Gasteiger partial charge is 0.273 e. The maximum Gasteiger partial charge on any atom is 0.273 e. The molecule has 0 aromatic heterocycles. The summed E-state index contributed by atoms with van der Waals surface area (Å²) in [6.07, 6.45) is -0.982. The van der Waals surface area contributed by atoms with Crippen molar-refractivity contribution < 1.29 is 23.6 Å². The molecule has 0 saturated heterocycles. The van der Waals surface area contributed by atoms with Crippen molar-refractivity contribution in [3.8, 4) is 11.5 Å². The molecule has 0 heterocycles. The van der Waals surface area contributed by atoms with E-state index in [2.05, 4.69) is 5.32 Å². The highest BCUT2D eigenvalue weighted by molar-refractivity contribution is 5.94. The first-order chi connectivity index (χ1) is 11.4. The number of ether oxygens (including phenoxy) is 2. The molecule has 0 unspecified atom stereocenters. The molecule has 2 aromatic rings. The first-order valence-electron chi connectivity index (χ1n) is 6.96. The Hall–Kier alpha value is -3.16. The van der Waals surface area contributed by atoms with Gasteiger partial charge in [-0.25, -0.2) is 4.39 Å². The first kappa shape index (κ1) is 17.2. The van der Waals surface area contributed by atoms with Crippen LogP contribution < -0.4 is 14.8 Å². The maximum absolute atomic E-state index is 13.1. The van der Waals surface area contributed by atoms with Crippen LogP contribution in [0.2, 0.25) is 0 Å². The number of methoxy groups -OCH3 is 1. The van der Waals surface area contributed by atoms with E-state index < -0.39 is 22.8 Å². The number of hydrogen-bond donors (Lipinski definition) is 1. The summed E-state index contributed by atoms with van der Waals surface area (Å²) >= 11 is 0. The summed E-state index contributed by atoms with van der Waals surface area (Å²) in [5.41, 5.74) is 0.0880. The van der Waals surface area contributed by atoms with Gasteiger partial charge in [0.1, 0.15) is 5.82 Å². The molecule has 1 N–H and O–H groups in total. The second-order valence-electron chi connectivity index (χ2n) is 4.85. The summed E-state index contributed by atoms with van der Waals surface area (Å²) in [6.45, 7) is 1.47. The average Bonchev–Trinajstić information content (AvgIpc) is 2.54. The lowest BCUT2D eigenvalue weighted by atomic mass is 10.2. The lowest BCUT2D eigenvalue weighted by Crippen LogP contribution is -2.30. The van der Waals surface area contributed by atoms with E-state index in [1.165, 1.54) is 56.5 Å². The van der Waals surface area contributed by atoms with Crippen LogP contribution in [0.15, 0.2) is 42.5 Å². The SMILES string of the molecule is COc1ccc([N+](=O)[O-])cc1O[C@H](C)C(=O)Nc1cccc(F)c1. The first-order valence-corrected chi connectivity index (χ1v) is 6.96. The second kappa shape index (κ2) is 7.40. The van der Waals surface area contributed by atoms with Crippen LogP contribution in [0, 0.1) is 15.9 Å². The summed E-state index contributed by atoms with van der Waals surface area (Å²) in [5, 5.41) is 13.3. The van der Waals surface area contributed by atoms with Crippen molar-refractivity contribution in [2.45, 2.75) is 13.0 Å². The van der Waals surface area contributed by atoms with Crippen molar-refractivity contribution in [1.82, 2.24) is 0 Å². The Morgan fingerprint density at radius 2 is 2.00 bits per heavy atom. The molecule has 0 fully saturated rings. The number of halogens is 1. The normalized spacial score (nSPS) is 11.5. The van der Waals surface area contributed by atoms with Gasteiger partial charge in [-0.2, -0.15) is 0 Å². The van der Waals surface area contributed by atoms with Gasteiger partial charge in [-0.05, 0) is 31.2 Å². The van der Waals surface area contributed by atoms with E-state index in [1.807, 2.05) is 0 Å². The van der Waals surface area contributed by atoms with E-state index in [4.69, 9.17) is 9.47 Å². The largest absolute Gasteiger partial charge is 0.493 e. The lowest BCUT2D eigenvalue weighted by Gasteiger charge is -2.16. The van der Waals surface area contributed by atoms with Crippen LogP contribution in [0.5, 0.6) is 11.5 Å². The van der Waals surface area contributed by atoms with Gasteiger partial charge in [0.05, 0.1) is 18.1 Å². The molecule has 7 nitrogen and oxygen atoms in total. The third-order valence-electron chi connectivity index (χ3n) is 3.12. The number of nitro benzene ring substituents is 1. The predicted molar refractivity (Wildman–Crippen MR) is 84.8 cm³/mol. The van der Waals surface area contributed by atoms with E-state index in [-0.39, 0.29) is 22.9 Å². The van der Waals surface area contributed by atoms with E-state index in [0.717, 1.165) is 0 Å². The second-order valence-corrected chi connectivity index (χ2v) is 4.85. The number of amides is 1. The molecule has 0 aliphatic heterocycles. The molecule has 1 atom stereocenters. The minimum atomic E-state index is -0.982. The van der Waals surface area contributed by atoms with Crippen molar-refractivity contribution in [1.29, 1.82) is 0 Å². The van der Waals surface area contributed by atoms with Gasteiger partial charge in [0, 0.05) is 11.8 Å². The highest BCUT2D eigenvalue weighted by atomic mass is 19.1. The Labute approximate surface area is 137 Å². The van der Waals surface area contributed by atoms with Crippen molar-refractivity contribution in [3.63, 3.8) is 0 Å². The van der Waals surface area contributed by atoms with E-state index >= 15 is 0 Å². The number of carbonyl (C=O) groups is 1. The number of anilines is 1. The van der Waals surface area contributed by atoms with Gasteiger partial charge in [0.25, 0.3) is 11.6 Å². The number of hydrogen-bond acceptors (Lipinski definition) is 5. The summed E-state index contributed by atoms with van der Waals surface area (Å²) in [6, 6.07) is 9.22. The number of nitrogens with zero attached hydrogens (tertiary/aromatic N) is 1. The molecule has 24 heavy (non-hydrogen) atoms. The predicted octanol–water partition coefficient (Wildman–Crippen LogP) is 3.15. The number of carbonyl (C=O) groups excluding carboxylic acids is 1.